The van der Waals surface area contributed by atoms with E-state index in [0.29, 0.717) is 23.1 Å². The normalized spacial score (nSPS) is 11.1. The molecular formula is C11H13BrF3NO. The molecular weight excluding hydrogens is 299 g/mol. The second kappa shape index (κ2) is 7.68. The number of halogens is 4. The van der Waals surface area contributed by atoms with Crippen LogP contribution in [0.5, 0.6) is 0 Å². The van der Waals surface area contributed by atoms with Crippen molar-refractivity contribution >= 4 is 15.9 Å². The fourth-order valence-corrected chi connectivity index (χ4v) is 1.54. The number of nitrogens with one attached hydrogen (secondary N) is 1. The lowest BCUT2D eigenvalue weighted by Crippen LogP contribution is -2.21. The summed E-state index contributed by atoms with van der Waals surface area (Å²) in [6, 6.07) is 4.78. The van der Waals surface area contributed by atoms with Crippen LogP contribution in [0.2, 0.25) is 0 Å². The molecule has 0 aliphatic heterocycles. The van der Waals surface area contributed by atoms with Gasteiger partial charge in [-0.25, -0.2) is 13.2 Å². The van der Waals surface area contributed by atoms with Crippen LogP contribution in [0.3, 0.4) is 0 Å². The van der Waals surface area contributed by atoms with Crippen LogP contribution in [0.15, 0.2) is 22.7 Å². The molecule has 0 unspecified atom stereocenters. The number of benzene rings is 1. The van der Waals surface area contributed by atoms with Gasteiger partial charge in [-0.1, -0.05) is 22.0 Å². The number of alkyl halides is 2. The average molecular weight is 312 g/mol. The molecule has 0 atom stereocenters. The minimum Gasteiger partial charge on any atom is -0.374 e. The maximum Gasteiger partial charge on any atom is 0.261 e. The van der Waals surface area contributed by atoms with Crippen molar-refractivity contribution in [3.8, 4) is 0 Å². The van der Waals surface area contributed by atoms with E-state index in [1.54, 1.807) is 12.1 Å². The minimum atomic E-state index is -2.45. The molecule has 0 saturated carbocycles. The predicted molar refractivity (Wildman–Crippen MR) is 62.6 cm³/mol. The summed E-state index contributed by atoms with van der Waals surface area (Å²) >= 11 is 3.16. The van der Waals surface area contributed by atoms with Crippen LogP contribution in [-0.4, -0.2) is 26.2 Å². The summed E-state index contributed by atoms with van der Waals surface area (Å²) in [6.45, 7) is 0.371. The van der Waals surface area contributed by atoms with E-state index in [1.807, 2.05) is 0 Å². The Balaban J connectivity index is 2.18. The third-order valence-corrected chi connectivity index (χ3v) is 2.49. The molecule has 0 aliphatic rings. The summed E-state index contributed by atoms with van der Waals surface area (Å²) in [4.78, 5) is 0. The van der Waals surface area contributed by atoms with E-state index >= 15 is 0 Å². The van der Waals surface area contributed by atoms with Gasteiger partial charge >= 0.3 is 0 Å². The zero-order valence-corrected chi connectivity index (χ0v) is 10.6. The van der Waals surface area contributed by atoms with E-state index in [0.717, 1.165) is 0 Å². The molecule has 2 nitrogen and oxygen atoms in total. The van der Waals surface area contributed by atoms with Crippen LogP contribution < -0.4 is 5.32 Å². The van der Waals surface area contributed by atoms with Crippen LogP contribution >= 0.6 is 15.9 Å². The molecule has 1 aromatic carbocycles. The van der Waals surface area contributed by atoms with Gasteiger partial charge in [0.25, 0.3) is 6.43 Å². The summed E-state index contributed by atoms with van der Waals surface area (Å²) in [5, 5.41) is 2.91. The Morgan fingerprint density at radius 1 is 1.35 bits per heavy atom. The smallest absolute Gasteiger partial charge is 0.261 e. The predicted octanol–water partition coefficient (Wildman–Crippen LogP) is 2.96. The minimum absolute atomic E-state index is 0.183. The maximum atomic E-state index is 13.3. The molecule has 0 saturated heterocycles. The lowest BCUT2D eigenvalue weighted by Gasteiger charge is -2.07. The lowest BCUT2D eigenvalue weighted by molar-refractivity contribution is 0.0187. The van der Waals surface area contributed by atoms with E-state index in [-0.39, 0.29) is 12.4 Å². The third kappa shape index (κ3) is 6.05. The lowest BCUT2D eigenvalue weighted by atomic mass is 10.2. The summed E-state index contributed by atoms with van der Waals surface area (Å²) in [5.41, 5.74) is 0.530. The number of rotatable bonds is 7. The molecule has 0 amide bonds. The number of ether oxygens (including phenoxy) is 1. The Hall–Kier alpha value is -0.590. The zero-order chi connectivity index (χ0) is 12.7. The SMILES string of the molecule is Fc1cc(Br)ccc1CNCCOCC(F)F. The van der Waals surface area contributed by atoms with E-state index in [4.69, 9.17) is 0 Å². The molecule has 0 aliphatic carbocycles. The second-order valence-corrected chi connectivity index (χ2v) is 4.29. The summed E-state index contributed by atoms with van der Waals surface area (Å²) < 4.78 is 42.1. The molecule has 0 bridgehead atoms. The van der Waals surface area contributed by atoms with E-state index in [1.165, 1.54) is 6.07 Å². The van der Waals surface area contributed by atoms with Crippen molar-refractivity contribution in [1.29, 1.82) is 0 Å². The monoisotopic (exact) mass is 311 g/mol. The summed E-state index contributed by atoms with van der Waals surface area (Å²) in [6.07, 6.45) is -2.45. The Bertz CT molecular complexity index is 349. The van der Waals surface area contributed by atoms with Gasteiger partial charge in [0.2, 0.25) is 0 Å². The van der Waals surface area contributed by atoms with Gasteiger partial charge in [0, 0.05) is 23.1 Å². The molecule has 1 aromatic rings. The quantitative estimate of drug-likeness (QED) is 0.782. The van der Waals surface area contributed by atoms with Gasteiger partial charge in [-0.2, -0.15) is 0 Å². The topological polar surface area (TPSA) is 21.3 Å². The molecule has 0 radical (unpaired) electrons. The standard InChI is InChI=1S/C11H13BrF3NO/c12-9-2-1-8(10(13)5-9)6-16-3-4-17-7-11(14)15/h1-2,5,11,16H,3-4,6-7H2. The van der Waals surface area contributed by atoms with Gasteiger partial charge in [-0.05, 0) is 12.1 Å². The molecule has 1 N–H and O–H groups in total. The van der Waals surface area contributed by atoms with E-state index < -0.39 is 13.0 Å². The van der Waals surface area contributed by atoms with Gasteiger partial charge < -0.3 is 10.1 Å². The Kier molecular flexibility index (Phi) is 6.54. The van der Waals surface area contributed by atoms with Gasteiger partial charge in [-0.3, -0.25) is 0 Å². The van der Waals surface area contributed by atoms with Gasteiger partial charge in [-0.15, -0.1) is 0 Å². The van der Waals surface area contributed by atoms with Gasteiger partial charge in [0.05, 0.1) is 6.61 Å². The van der Waals surface area contributed by atoms with E-state index in [9.17, 15) is 13.2 Å². The van der Waals surface area contributed by atoms with E-state index in [2.05, 4.69) is 26.0 Å². The molecule has 0 spiro atoms. The second-order valence-electron chi connectivity index (χ2n) is 3.38. The molecule has 0 aromatic heterocycles. The molecule has 6 heteroatoms. The van der Waals surface area contributed by atoms with Crippen LogP contribution in [0.25, 0.3) is 0 Å². The Labute approximate surface area is 106 Å². The Morgan fingerprint density at radius 2 is 2.12 bits per heavy atom. The first kappa shape index (κ1) is 14.5. The molecule has 0 fully saturated rings. The third-order valence-electron chi connectivity index (χ3n) is 2.00. The van der Waals surface area contributed by atoms with Crippen LogP contribution in [0.4, 0.5) is 13.2 Å². The summed E-state index contributed by atoms with van der Waals surface area (Å²) in [7, 11) is 0. The highest BCUT2D eigenvalue weighted by Crippen LogP contribution is 2.14. The first-order valence-electron chi connectivity index (χ1n) is 5.10. The van der Waals surface area contributed by atoms with Crippen molar-refractivity contribution in [2.45, 2.75) is 13.0 Å². The zero-order valence-electron chi connectivity index (χ0n) is 9.06. The first-order valence-corrected chi connectivity index (χ1v) is 5.89. The highest BCUT2D eigenvalue weighted by Gasteiger charge is 2.03. The highest BCUT2D eigenvalue weighted by molar-refractivity contribution is 9.10. The molecule has 17 heavy (non-hydrogen) atoms. The molecule has 1 rings (SSSR count). The van der Waals surface area contributed by atoms with Crippen LogP contribution in [-0.2, 0) is 11.3 Å². The number of hydrogen-bond donors (Lipinski definition) is 1. The van der Waals surface area contributed by atoms with Crippen molar-refractivity contribution in [3.63, 3.8) is 0 Å². The van der Waals surface area contributed by atoms with Crippen molar-refractivity contribution in [2.75, 3.05) is 19.8 Å². The highest BCUT2D eigenvalue weighted by atomic mass is 79.9. The summed E-state index contributed by atoms with van der Waals surface area (Å²) in [5.74, 6) is -0.305. The van der Waals surface area contributed by atoms with Crippen LogP contribution in [0.1, 0.15) is 5.56 Å². The largest absolute Gasteiger partial charge is 0.374 e. The first-order chi connectivity index (χ1) is 8.09. The maximum absolute atomic E-state index is 13.3. The van der Waals surface area contributed by atoms with Crippen molar-refractivity contribution in [2.24, 2.45) is 0 Å². The Morgan fingerprint density at radius 3 is 2.76 bits per heavy atom. The van der Waals surface area contributed by atoms with Crippen molar-refractivity contribution < 1.29 is 17.9 Å². The van der Waals surface area contributed by atoms with Crippen molar-refractivity contribution in [1.82, 2.24) is 5.32 Å². The fourth-order valence-electron chi connectivity index (χ4n) is 1.20. The van der Waals surface area contributed by atoms with Gasteiger partial charge in [0.1, 0.15) is 12.4 Å². The molecule has 96 valence electrons. The molecule has 0 heterocycles. The fraction of sp³-hybridized carbons (Fsp3) is 0.455. The van der Waals surface area contributed by atoms with Crippen molar-refractivity contribution in [3.05, 3.63) is 34.1 Å². The van der Waals surface area contributed by atoms with Gasteiger partial charge in [0.15, 0.2) is 0 Å². The average Bonchev–Trinajstić information content (AvgIpc) is 2.25. The van der Waals surface area contributed by atoms with Crippen LogP contribution in [0, 0.1) is 5.82 Å². The number of hydrogen-bond acceptors (Lipinski definition) is 2.